The van der Waals surface area contributed by atoms with Crippen molar-refractivity contribution in [3.05, 3.63) is 59.9 Å². The van der Waals surface area contributed by atoms with E-state index in [0.29, 0.717) is 19.1 Å². The minimum absolute atomic E-state index is 0.0141. The Kier molecular flexibility index (Phi) is 4.89. The van der Waals surface area contributed by atoms with E-state index in [1.54, 1.807) is 12.1 Å². The van der Waals surface area contributed by atoms with Gasteiger partial charge in [-0.25, -0.2) is 4.39 Å². The zero-order valence-electron chi connectivity index (χ0n) is 14.7. The topological polar surface area (TPSA) is 41.6 Å². The normalized spacial score (nSPS) is 18.4. The summed E-state index contributed by atoms with van der Waals surface area (Å²) in [5, 5.41) is 3.13. The zero-order valence-corrected chi connectivity index (χ0v) is 14.7. The SMILES string of the molecule is O=C(Nc1ccccc1N1CCOCC1)C(c1ccc(F)cc1)C1CC1. The van der Waals surface area contributed by atoms with Crippen LogP contribution in [0.5, 0.6) is 0 Å². The monoisotopic (exact) mass is 354 g/mol. The predicted octanol–water partition coefficient (Wildman–Crippen LogP) is 3.79. The van der Waals surface area contributed by atoms with Crippen molar-refractivity contribution >= 4 is 17.3 Å². The van der Waals surface area contributed by atoms with E-state index in [1.165, 1.54) is 12.1 Å². The zero-order chi connectivity index (χ0) is 17.9. The van der Waals surface area contributed by atoms with Crippen LogP contribution in [-0.4, -0.2) is 32.2 Å². The van der Waals surface area contributed by atoms with E-state index < -0.39 is 0 Å². The summed E-state index contributed by atoms with van der Waals surface area (Å²) in [6.45, 7) is 3.03. The number of carbonyl (C=O) groups excluding carboxylic acids is 1. The Balaban J connectivity index is 1.56. The second-order valence-electron chi connectivity index (χ2n) is 6.97. The van der Waals surface area contributed by atoms with E-state index in [4.69, 9.17) is 4.74 Å². The molecule has 1 saturated carbocycles. The number of anilines is 2. The van der Waals surface area contributed by atoms with Crippen LogP contribution in [0.3, 0.4) is 0 Å². The number of halogens is 1. The lowest BCUT2D eigenvalue weighted by molar-refractivity contribution is -0.118. The third-order valence-electron chi connectivity index (χ3n) is 5.12. The summed E-state index contributed by atoms with van der Waals surface area (Å²) in [5.41, 5.74) is 2.74. The number of nitrogens with one attached hydrogen (secondary N) is 1. The minimum Gasteiger partial charge on any atom is -0.378 e. The second-order valence-corrected chi connectivity index (χ2v) is 6.97. The molecule has 4 nitrogen and oxygen atoms in total. The quantitative estimate of drug-likeness (QED) is 0.888. The highest BCUT2D eigenvalue weighted by atomic mass is 19.1. The Morgan fingerprint density at radius 1 is 1.08 bits per heavy atom. The van der Waals surface area contributed by atoms with E-state index in [2.05, 4.69) is 10.2 Å². The highest BCUT2D eigenvalue weighted by Crippen LogP contribution is 2.43. The highest BCUT2D eigenvalue weighted by molar-refractivity contribution is 5.99. The molecule has 0 bridgehead atoms. The van der Waals surface area contributed by atoms with Crippen LogP contribution in [0.2, 0.25) is 0 Å². The van der Waals surface area contributed by atoms with Crippen LogP contribution in [0.25, 0.3) is 0 Å². The van der Waals surface area contributed by atoms with Gasteiger partial charge in [-0.15, -0.1) is 0 Å². The van der Waals surface area contributed by atoms with Crippen molar-refractivity contribution in [2.24, 2.45) is 5.92 Å². The van der Waals surface area contributed by atoms with Crippen molar-refractivity contribution in [3.8, 4) is 0 Å². The van der Waals surface area contributed by atoms with Crippen LogP contribution in [0.4, 0.5) is 15.8 Å². The number of ether oxygens (including phenoxy) is 1. The van der Waals surface area contributed by atoms with Gasteiger partial charge in [0.05, 0.1) is 30.5 Å². The number of hydrogen-bond donors (Lipinski definition) is 1. The fraction of sp³-hybridized carbons (Fsp3) is 0.381. The molecule has 136 valence electrons. The van der Waals surface area contributed by atoms with E-state index in [-0.39, 0.29) is 17.6 Å². The summed E-state index contributed by atoms with van der Waals surface area (Å²) >= 11 is 0. The number of amides is 1. The molecule has 26 heavy (non-hydrogen) atoms. The molecule has 4 rings (SSSR count). The lowest BCUT2D eigenvalue weighted by Gasteiger charge is -2.31. The highest BCUT2D eigenvalue weighted by Gasteiger charge is 2.37. The van der Waals surface area contributed by atoms with E-state index in [9.17, 15) is 9.18 Å². The summed E-state index contributed by atoms with van der Waals surface area (Å²) in [7, 11) is 0. The molecule has 2 aliphatic rings. The number of carbonyl (C=O) groups is 1. The van der Waals surface area contributed by atoms with Crippen LogP contribution < -0.4 is 10.2 Å². The standard InChI is InChI=1S/C21H23FN2O2/c22-17-9-7-16(8-10-17)20(15-5-6-15)21(25)23-18-3-1-2-4-19(18)24-11-13-26-14-12-24/h1-4,7-10,15,20H,5-6,11-14H2,(H,23,25). The van der Waals surface area contributed by atoms with Crippen LogP contribution >= 0.6 is 0 Å². The molecule has 1 saturated heterocycles. The molecule has 5 heteroatoms. The third-order valence-corrected chi connectivity index (χ3v) is 5.12. The van der Waals surface area contributed by atoms with E-state index in [1.807, 2.05) is 24.3 Å². The lowest BCUT2D eigenvalue weighted by atomic mass is 9.93. The molecule has 1 amide bonds. The number of nitrogens with zero attached hydrogens (tertiary/aromatic N) is 1. The fourth-order valence-electron chi connectivity index (χ4n) is 3.61. The summed E-state index contributed by atoms with van der Waals surface area (Å²) in [4.78, 5) is 15.3. The molecule has 1 heterocycles. The average Bonchev–Trinajstić information content (AvgIpc) is 3.50. The molecule has 2 aromatic rings. The van der Waals surface area contributed by atoms with Gasteiger partial charge in [-0.3, -0.25) is 4.79 Å². The molecular formula is C21H23FN2O2. The van der Waals surface area contributed by atoms with E-state index >= 15 is 0 Å². The molecule has 0 aromatic heterocycles. The van der Waals surface area contributed by atoms with Gasteiger partial charge in [0.1, 0.15) is 5.82 Å². The Bertz CT molecular complexity index is 768. The van der Waals surface area contributed by atoms with Crippen molar-refractivity contribution < 1.29 is 13.9 Å². The van der Waals surface area contributed by atoms with Gasteiger partial charge in [0.2, 0.25) is 5.91 Å². The van der Waals surface area contributed by atoms with Crippen molar-refractivity contribution in [2.45, 2.75) is 18.8 Å². The molecule has 1 atom stereocenters. The van der Waals surface area contributed by atoms with Gasteiger partial charge in [-0.1, -0.05) is 24.3 Å². The van der Waals surface area contributed by atoms with Crippen molar-refractivity contribution in [3.63, 3.8) is 0 Å². The molecule has 1 aliphatic heterocycles. The van der Waals surface area contributed by atoms with Crippen molar-refractivity contribution in [1.82, 2.24) is 0 Å². The van der Waals surface area contributed by atoms with E-state index in [0.717, 1.165) is 42.9 Å². The lowest BCUT2D eigenvalue weighted by Crippen LogP contribution is -2.37. The molecular weight excluding hydrogens is 331 g/mol. The number of rotatable bonds is 5. The Hall–Kier alpha value is -2.40. The summed E-state index contributed by atoms with van der Waals surface area (Å²) in [5.74, 6) is -0.175. The number of hydrogen-bond acceptors (Lipinski definition) is 3. The van der Waals surface area contributed by atoms with Gasteiger partial charge in [0, 0.05) is 13.1 Å². The molecule has 2 fully saturated rings. The molecule has 0 radical (unpaired) electrons. The molecule has 1 N–H and O–H groups in total. The number of morpholine rings is 1. The first-order chi connectivity index (χ1) is 12.7. The van der Waals surface area contributed by atoms with Crippen molar-refractivity contribution in [2.75, 3.05) is 36.5 Å². The first-order valence-corrected chi connectivity index (χ1v) is 9.20. The van der Waals surface area contributed by atoms with Gasteiger partial charge < -0.3 is 15.0 Å². The number of benzene rings is 2. The largest absolute Gasteiger partial charge is 0.378 e. The summed E-state index contributed by atoms with van der Waals surface area (Å²) < 4.78 is 18.7. The Morgan fingerprint density at radius 2 is 1.77 bits per heavy atom. The molecule has 1 unspecified atom stereocenters. The average molecular weight is 354 g/mol. The molecule has 2 aromatic carbocycles. The van der Waals surface area contributed by atoms with Crippen LogP contribution in [0.1, 0.15) is 24.3 Å². The molecule has 1 aliphatic carbocycles. The third kappa shape index (κ3) is 3.73. The maximum atomic E-state index is 13.3. The smallest absolute Gasteiger partial charge is 0.232 e. The summed E-state index contributed by atoms with van der Waals surface area (Å²) in [6, 6.07) is 14.2. The van der Waals surface area contributed by atoms with Gasteiger partial charge in [-0.2, -0.15) is 0 Å². The predicted molar refractivity (Wildman–Crippen MR) is 100.0 cm³/mol. The van der Waals surface area contributed by atoms with Gasteiger partial charge in [-0.05, 0) is 48.6 Å². The first kappa shape index (κ1) is 17.0. The van der Waals surface area contributed by atoms with Gasteiger partial charge in [0.25, 0.3) is 0 Å². The van der Waals surface area contributed by atoms with Crippen LogP contribution in [0.15, 0.2) is 48.5 Å². The van der Waals surface area contributed by atoms with Gasteiger partial charge >= 0.3 is 0 Å². The Labute approximate surface area is 153 Å². The molecule has 0 spiro atoms. The first-order valence-electron chi connectivity index (χ1n) is 9.20. The minimum atomic E-state index is -0.277. The number of para-hydroxylation sites is 2. The maximum absolute atomic E-state index is 13.3. The van der Waals surface area contributed by atoms with Gasteiger partial charge in [0.15, 0.2) is 0 Å². The summed E-state index contributed by atoms with van der Waals surface area (Å²) in [6.07, 6.45) is 2.08. The second kappa shape index (κ2) is 7.46. The Morgan fingerprint density at radius 3 is 2.46 bits per heavy atom. The van der Waals surface area contributed by atoms with Crippen LogP contribution in [0, 0.1) is 11.7 Å². The van der Waals surface area contributed by atoms with Crippen molar-refractivity contribution in [1.29, 1.82) is 0 Å². The maximum Gasteiger partial charge on any atom is 0.232 e. The fourth-order valence-corrected chi connectivity index (χ4v) is 3.61. The van der Waals surface area contributed by atoms with Crippen LogP contribution in [-0.2, 0) is 9.53 Å².